The number of halogens is 7. The lowest BCUT2D eigenvalue weighted by Gasteiger charge is -2.31. The predicted octanol–water partition coefficient (Wildman–Crippen LogP) is 7.87. The number of aromatic nitrogens is 6. The van der Waals surface area contributed by atoms with Crippen LogP contribution in [0.15, 0.2) is 35.1 Å². The van der Waals surface area contributed by atoms with Crippen LogP contribution in [0.5, 0.6) is 0 Å². The standard InChI is InChI=1S/C15H14Cl2F3N3O3.C15H22ClNO2.C8H14ClN5.C5H12NO4P/c1-3-26-13(24)10(17)4-8-5-12(11(18)6-9(8)16)23-15(25)22(14(19)20)7(2)21-23;1-5-13-8-6-7-11(2)15(13)17(14(18)9-16)12(3)10-19-4;1-4-10-7-12-6(9)13-8(14-7)11-5(2)3;1-11(9,10)3-2-4(6)5(7)8/h5-6,10,14H,3-4H2,1-2H3;6-8,12H,5,9-10H2,1-4H3;5H,4H2,1-3H3,(H2,10,11,12,13,14);4H,2-3,6H2,1H3,(H,7,8)(H,9,10). The Bertz CT molecular complexity index is 2430. The summed E-state index contributed by atoms with van der Waals surface area (Å²) in [6, 6.07) is 7.31. The van der Waals surface area contributed by atoms with E-state index in [0.29, 0.717) is 23.2 Å². The molecule has 27 heteroatoms. The number of anilines is 3. The Morgan fingerprint density at radius 3 is 2.16 bits per heavy atom. The summed E-state index contributed by atoms with van der Waals surface area (Å²) in [6.07, 6.45) is 0.763. The average molecular weight is 1090 g/mol. The van der Waals surface area contributed by atoms with E-state index < -0.39 is 48.8 Å². The smallest absolute Gasteiger partial charge is 0.355 e. The normalized spacial score (nSPS) is 13.0. The van der Waals surface area contributed by atoms with Crippen molar-refractivity contribution in [3.8, 4) is 5.69 Å². The highest BCUT2D eigenvalue weighted by Gasteiger charge is 2.26. The van der Waals surface area contributed by atoms with E-state index in [1.54, 1.807) is 18.9 Å². The Kier molecular flexibility index (Phi) is 28.1. The highest BCUT2D eigenvalue weighted by atomic mass is 35.5. The Morgan fingerprint density at radius 2 is 1.66 bits per heavy atom. The van der Waals surface area contributed by atoms with Crippen LogP contribution in [0.25, 0.3) is 5.69 Å². The number of para-hydroxylation sites is 1. The van der Waals surface area contributed by atoms with Crippen LogP contribution in [-0.4, -0.2) is 126 Å². The molecule has 0 aliphatic carbocycles. The van der Waals surface area contributed by atoms with Crippen LogP contribution in [0, 0.1) is 19.7 Å². The molecule has 70 heavy (non-hydrogen) atoms. The molecular formula is C43H62Cl4F3N10O9P. The van der Waals surface area contributed by atoms with Crippen LogP contribution in [0.4, 0.5) is 30.8 Å². The van der Waals surface area contributed by atoms with Crippen LogP contribution in [0.1, 0.15) is 77.0 Å². The summed E-state index contributed by atoms with van der Waals surface area (Å²) >= 11 is 23.4. The first kappa shape index (κ1) is 63.5. The van der Waals surface area contributed by atoms with Crippen molar-refractivity contribution < 1.29 is 51.6 Å². The van der Waals surface area contributed by atoms with E-state index in [1.807, 2.05) is 46.8 Å². The lowest BCUT2D eigenvalue weighted by Crippen LogP contribution is -2.43. The molecule has 0 saturated heterocycles. The quantitative estimate of drug-likeness (QED) is 0.0320. The maximum atomic E-state index is 14.2. The number of carboxylic acids is 1. The molecule has 0 bridgehead atoms. The number of nitrogens with zero attached hydrogens (tertiary/aromatic N) is 7. The lowest BCUT2D eigenvalue weighted by atomic mass is 10.0. The summed E-state index contributed by atoms with van der Waals surface area (Å²) in [5.74, 6) is -2.18. The number of hydrogen-bond acceptors (Lipinski definition) is 14. The molecule has 0 aliphatic heterocycles. The zero-order valence-electron chi connectivity index (χ0n) is 40.5. The van der Waals surface area contributed by atoms with Gasteiger partial charge in [0.1, 0.15) is 28.8 Å². The largest absolute Gasteiger partial charge is 0.480 e. The van der Waals surface area contributed by atoms with Gasteiger partial charge in [0.2, 0.25) is 23.1 Å². The van der Waals surface area contributed by atoms with Crippen molar-refractivity contribution in [1.82, 2.24) is 29.3 Å². The molecule has 1 amide bonds. The summed E-state index contributed by atoms with van der Waals surface area (Å²) in [6.45, 7) is 14.3. The van der Waals surface area contributed by atoms with Gasteiger partial charge in [-0.25, -0.2) is 13.8 Å². The van der Waals surface area contributed by atoms with Gasteiger partial charge in [-0.05, 0) is 102 Å². The van der Waals surface area contributed by atoms with Crippen LogP contribution in [0.2, 0.25) is 10.3 Å². The fourth-order valence-corrected chi connectivity index (χ4v) is 7.50. The topological polar surface area (TPSA) is 259 Å². The van der Waals surface area contributed by atoms with Gasteiger partial charge in [-0.3, -0.25) is 18.9 Å². The number of hydrogen-bond donors (Lipinski definition) is 5. The van der Waals surface area contributed by atoms with Crippen LogP contribution >= 0.6 is 53.8 Å². The SMILES string of the molecule is CCNc1nc(Cl)nc(NC(C)C)n1.CCOC(=O)C(Cl)Cc1cc(-n2nc(C)n(C(F)F)c2=O)c(F)cc1Cl.CCc1cccc(C)c1N(C(=O)CCl)C(C)COC.CP(=O)(O)CCC(N)C(=O)O. The second kappa shape index (κ2) is 31.0. The number of nitrogens with two attached hydrogens (primary N) is 1. The molecule has 2 aromatic heterocycles. The number of aryl methyl sites for hydroxylation is 3. The number of benzene rings is 2. The fourth-order valence-electron chi connectivity index (χ4n) is 6.00. The number of rotatable bonds is 20. The van der Waals surface area contributed by atoms with Gasteiger partial charge in [-0.15, -0.1) is 28.3 Å². The molecule has 4 unspecified atom stereocenters. The molecule has 6 N–H and O–H groups in total. The number of carbonyl (C=O) groups excluding carboxylic acids is 2. The number of ether oxygens (including phenoxy) is 2. The van der Waals surface area contributed by atoms with Gasteiger partial charge in [0.25, 0.3) is 0 Å². The fraction of sp³-hybridized carbons (Fsp3) is 0.535. The van der Waals surface area contributed by atoms with Gasteiger partial charge in [-0.2, -0.15) is 28.4 Å². The minimum Gasteiger partial charge on any atom is -0.480 e. The van der Waals surface area contributed by atoms with Gasteiger partial charge < -0.3 is 40.7 Å². The minimum absolute atomic E-state index is 0.0223. The van der Waals surface area contributed by atoms with Gasteiger partial charge in [-0.1, -0.05) is 36.7 Å². The van der Waals surface area contributed by atoms with E-state index in [-0.39, 0.29) is 81.4 Å². The number of alkyl halides is 4. The summed E-state index contributed by atoms with van der Waals surface area (Å²) in [4.78, 5) is 68.5. The van der Waals surface area contributed by atoms with Crippen molar-refractivity contribution in [2.45, 2.75) is 105 Å². The van der Waals surface area contributed by atoms with E-state index in [1.165, 1.54) is 13.6 Å². The third-order valence-corrected chi connectivity index (χ3v) is 11.3. The molecule has 4 rings (SSSR count). The van der Waals surface area contributed by atoms with Gasteiger partial charge in [0.15, 0.2) is 13.2 Å². The molecule has 0 fully saturated rings. The molecule has 2 heterocycles. The van der Waals surface area contributed by atoms with E-state index in [9.17, 15) is 36.9 Å². The molecule has 2 aromatic carbocycles. The van der Waals surface area contributed by atoms with Gasteiger partial charge in [0, 0.05) is 44.0 Å². The van der Waals surface area contributed by atoms with Crippen molar-refractivity contribution in [2.75, 3.05) is 61.1 Å². The van der Waals surface area contributed by atoms with Crippen molar-refractivity contribution in [2.24, 2.45) is 5.73 Å². The maximum Gasteiger partial charge on any atom is 0.355 e. The summed E-state index contributed by atoms with van der Waals surface area (Å²) in [5.41, 5.74) is 6.94. The molecule has 392 valence electrons. The molecule has 19 nitrogen and oxygen atoms in total. The van der Waals surface area contributed by atoms with E-state index in [0.717, 1.165) is 41.9 Å². The molecule has 4 aromatic rings. The van der Waals surface area contributed by atoms with Crippen molar-refractivity contribution >= 4 is 89.2 Å². The highest BCUT2D eigenvalue weighted by Crippen LogP contribution is 2.36. The van der Waals surface area contributed by atoms with Crippen LogP contribution in [0.3, 0.4) is 0 Å². The second-order valence-electron chi connectivity index (χ2n) is 15.4. The Balaban J connectivity index is 0.000000492. The predicted molar refractivity (Wildman–Crippen MR) is 267 cm³/mol. The first-order chi connectivity index (χ1) is 32.7. The average Bonchev–Trinajstić information content (AvgIpc) is 3.57. The minimum atomic E-state index is -3.12. The van der Waals surface area contributed by atoms with Crippen molar-refractivity contribution in [3.63, 3.8) is 0 Å². The number of nitrogens with one attached hydrogen (secondary N) is 2. The Hall–Kier alpha value is -4.54. The molecule has 0 spiro atoms. The van der Waals surface area contributed by atoms with Crippen LogP contribution in [-0.2, 0) is 41.3 Å². The monoisotopic (exact) mass is 1090 g/mol. The number of esters is 1. The molecule has 0 saturated carbocycles. The summed E-state index contributed by atoms with van der Waals surface area (Å²) in [7, 11) is -1.47. The zero-order valence-corrected chi connectivity index (χ0v) is 44.4. The van der Waals surface area contributed by atoms with Crippen LogP contribution < -0.4 is 27.0 Å². The highest BCUT2D eigenvalue weighted by molar-refractivity contribution is 7.57. The van der Waals surface area contributed by atoms with E-state index in [4.69, 9.17) is 71.6 Å². The lowest BCUT2D eigenvalue weighted by molar-refractivity contribution is -0.142. The molecule has 4 atom stereocenters. The van der Waals surface area contributed by atoms with Crippen molar-refractivity contribution in [1.29, 1.82) is 0 Å². The molecule has 0 aliphatic rings. The first-order valence-electron chi connectivity index (χ1n) is 21.6. The van der Waals surface area contributed by atoms with Crippen molar-refractivity contribution in [3.05, 3.63) is 79.5 Å². The number of amides is 1. The number of carboxylic acid groups (broad SMARTS) is 1. The maximum absolute atomic E-state index is 14.2. The Labute approximate surface area is 425 Å². The third-order valence-electron chi connectivity index (χ3n) is 9.17. The molecular weight excluding hydrogens is 1030 g/mol. The van der Waals surface area contributed by atoms with Gasteiger partial charge in [0.05, 0.1) is 24.9 Å². The van der Waals surface area contributed by atoms with E-state index >= 15 is 0 Å². The Morgan fingerprint density at radius 1 is 1.03 bits per heavy atom. The third kappa shape index (κ3) is 21.0. The molecule has 0 radical (unpaired) electrons. The second-order valence-corrected chi connectivity index (χ2v) is 19.5. The summed E-state index contributed by atoms with van der Waals surface area (Å²) in [5, 5.41) is 17.0. The number of carbonyl (C=O) groups is 3. The van der Waals surface area contributed by atoms with Gasteiger partial charge >= 0.3 is 24.2 Å². The zero-order chi connectivity index (χ0) is 53.6. The number of aliphatic carboxylic acids is 1. The first-order valence-corrected chi connectivity index (χ1v) is 25.6. The van der Waals surface area contributed by atoms with E-state index in [2.05, 4.69) is 43.7 Å². The number of methoxy groups -OCH3 is 1. The summed E-state index contributed by atoms with van der Waals surface area (Å²) < 4.78 is 61.3.